The first kappa shape index (κ1) is 19.8. The van der Waals surface area contributed by atoms with Gasteiger partial charge in [-0.05, 0) is 70.1 Å². The van der Waals surface area contributed by atoms with E-state index in [1.165, 1.54) is 4.31 Å². The lowest BCUT2D eigenvalue weighted by Crippen LogP contribution is -2.49. The summed E-state index contributed by atoms with van der Waals surface area (Å²) >= 11 is 3.32. The molecule has 0 saturated carbocycles. The van der Waals surface area contributed by atoms with Crippen LogP contribution in [0.3, 0.4) is 0 Å². The molecule has 1 amide bonds. The van der Waals surface area contributed by atoms with Crippen LogP contribution in [0.25, 0.3) is 0 Å². The first-order chi connectivity index (χ1) is 12.4. The van der Waals surface area contributed by atoms with Gasteiger partial charge in [0.2, 0.25) is 15.9 Å². The molecule has 144 valence electrons. The smallest absolute Gasteiger partial charge is 0.243 e. The van der Waals surface area contributed by atoms with Crippen LogP contribution in [-0.4, -0.2) is 62.8 Å². The summed E-state index contributed by atoms with van der Waals surface area (Å²) in [5, 5.41) is 3.14. The molecule has 0 radical (unpaired) electrons. The Kier molecular flexibility index (Phi) is 6.37. The zero-order chi connectivity index (χ0) is 18.7. The molecule has 0 bridgehead atoms. The maximum absolute atomic E-state index is 12.9. The molecular formula is C18H26BrN3O3S. The van der Waals surface area contributed by atoms with E-state index in [9.17, 15) is 13.2 Å². The highest BCUT2D eigenvalue weighted by Gasteiger charge is 2.34. The van der Waals surface area contributed by atoms with Crippen molar-refractivity contribution in [1.29, 1.82) is 0 Å². The average Bonchev–Trinajstić information content (AvgIpc) is 2.64. The highest BCUT2D eigenvalue weighted by atomic mass is 79.9. The van der Waals surface area contributed by atoms with E-state index in [4.69, 9.17) is 0 Å². The van der Waals surface area contributed by atoms with E-state index < -0.39 is 10.0 Å². The number of hydrogen-bond donors (Lipinski definition) is 1. The zero-order valence-corrected chi connectivity index (χ0v) is 17.4. The summed E-state index contributed by atoms with van der Waals surface area (Å²) < 4.78 is 28.0. The van der Waals surface area contributed by atoms with Gasteiger partial charge in [-0.1, -0.05) is 15.9 Å². The van der Waals surface area contributed by atoms with Crippen LogP contribution in [0.15, 0.2) is 33.6 Å². The third kappa shape index (κ3) is 4.65. The van der Waals surface area contributed by atoms with E-state index in [-0.39, 0.29) is 29.3 Å². The van der Waals surface area contributed by atoms with Crippen molar-refractivity contribution in [3.63, 3.8) is 0 Å². The van der Waals surface area contributed by atoms with Crippen LogP contribution in [0.4, 0.5) is 0 Å². The number of carbonyl (C=O) groups is 1. The molecule has 0 spiro atoms. The van der Waals surface area contributed by atoms with Gasteiger partial charge in [-0.2, -0.15) is 4.31 Å². The maximum atomic E-state index is 12.9. The molecule has 0 aliphatic carbocycles. The number of rotatable bonds is 4. The van der Waals surface area contributed by atoms with Crippen LogP contribution < -0.4 is 5.32 Å². The van der Waals surface area contributed by atoms with E-state index in [0.29, 0.717) is 13.0 Å². The van der Waals surface area contributed by atoms with E-state index in [1.807, 2.05) is 0 Å². The van der Waals surface area contributed by atoms with Gasteiger partial charge in [0.15, 0.2) is 0 Å². The molecule has 2 fully saturated rings. The summed E-state index contributed by atoms with van der Waals surface area (Å²) in [6, 6.07) is 6.85. The van der Waals surface area contributed by atoms with Crippen LogP contribution in [-0.2, 0) is 14.8 Å². The number of carbonyl (C=O) groups excluding carboxylic acids is 1. The van der Waals surface area contributed by atoms with Crippen molar-refractivity contribution >= 4 is 31.9 Å². The number of nitrogens with zero attached hydrogens (tertiary/aromatic N) is 2. The van der Waals surface area contributed by atoms with Crippen molar-refractivity contribution in [2.45, 2.75) is 36.6 Å². The van der Waals surface area contributed by atoms with Gasteiger partial charge in [-0.3, -0.25) is 4.79 Å². The fraction of sp³-hybridized carbons (Fsp3) is 0.611. The molecule has 1 atom stereocenters. The Morgan fingerprint density at radius 2 is 1.77 bits per heavy atom. The third-order valence-corrected chi connectivity index (χ3v) is 7.68. The van der Waals surface area contributed by atoms with Crippen molar-refractivity contribution in [2.75, 3.05) is 33.2 Å². The monoisotopic (exact) mass is 443 g/mol. The fourth-order valence-corrected chi connectivity index (χ4v) is 5.39. The molecule has 3 rings (SSSR count). The normalized spacial score (nSPS) is 23.7. The minimum Gasteiger partial charge on any atom is -0.353 e. The summed E-state index contributed by atoms with van der Waals surface area (Å²) in [6.07, 6.45) is 3.36. The van der Waals surface area contributed by atoms with E-state index in [0.717, 1.165) is 36.8 Å². The highest BCUT2D eigenvalue weighted by Crippen LogP contribution is 2.25. The van der Waals surface area contributed by atoms with Crippen LogP contribution in [0.1, 0.15) is 25.7 Å². The van der Waals surface area contributed by atoms with Crippen molar-refractivity contribution in [1.82, 2.24) is 14.5 Å². The number of nitrogens with one attached hydrogen (secondary N) is 1. The van der Waals surface area contributed by atoms with Crippen molar-refractivity contribution < 1.29 is 13.2 Å². The predicted molar refractivity (Wildman–Crippen MR) is 104 cm³/mol. The first-order valence-corrected chi connectivity index (χ1v) is 11.3. The highest BCUT2D eigenvalue weighted by molar-refractivity contribution is 9.10. The lowest BCUT2D eigenvalue weighted by Gasteiger charge is -2.34. The number of benzene rings is 1. The second-order valence-electron chi connectivity index (χ2n) is 7.24. The molecular weight excluding hydrogens is 418 g/mol. The molecule has 0 aromatic heterocycles. The number of piperidine rings is 2. The topological polar surface area (TPSA) is 69.7 Å². The van der Waals surface area contributed by atoms with Crippen molar-refractivity contribution in [2.24, 2.45) is 5.92 Å². The first-order valence-electron chi connectivity index (χ1n) is 9.11. The number of sulfonamides is 1. The van der Waals surface area contributed by atoms with Gasteiger partial charge >= 0.3 is 0 Å². The quantitative estimate of drug-likeness (QED) is 0.772. The zero-order valence-electron chi connectivity index (χ0n) is 15.0. The Hall–Kier alpha value is -0.960. The molecule has 2 saturated heterocycles. The Balaban J connectivity index is 1.63. The number of hydrogen-bond acceptors (Lipinski definition) is 4. The largest absolute Gasteiger partial charge is 0.353 e. The molecule has 0 unspecified atom stereocenters. The summed E-state index contributed by atoms with van der Waals surface area (Å²) in [5.74, 6) is -0.274. The second kappa shape index (κ2) is 8.37. The Bertz CT molecular complexity index is 731. The Labute approximate surface area is 164 Å². The van der Waals surface area contributed by atoms with E-state index in [2.05, 4.69) is 33.2 Å². The van der Waals surface area contributed by atoms with E-state index >= 15 is 0 Å². The standard InChI is InChI=1S/C18H26BrN3O3S/c1-21-11-8-16(9-12-21)20-18(23)14-3-2-10-22(13-14)26(24,25)17-6-4-15(19)5-7-17/h4-7,14,16H,2-3,8-13H2,1H3,(H,20,23)/t14-/m0/s1. The van der Waals surface area contributed by atoms with Crippen LogP contribution in [0.2, 0.25) is 0 Å². The van der Waals surface area contributed by atoms with Gasteiger partial charge in [0.1, 0.15) is 0 Å². The summed E-state index contributed by atoms with van der Waals surface area (Å²) in [7, 11) is -1.47. The van der Waals surface area contributed by atoms with Crippen molar-refractivity contribution in [3.05, 3.63) is 28.7 Å². The molecule has 1 aromatic rings. The molecule has 1 aromatic carbocycles. The minimum atomic E-state index is -3.56. The molecule has 8 heteroatoms. The van der Waals surface area contributed by atoms with Gasteiger partial charge in [-0.15, -0.1) is 0 Å². The number of halogens is 1. The number of amides is 1. The Morgan fingerprint density at radius 1 is 1.12 bits per heavy atom. The second-order valence-corrected chi connectivity index (χ2v) is 10.1. The summed E-state index contributed by atoms with van der Waals surface area (Å²) in [6.45, 7) is 2.70. The summed E-state index contributed by atoms with van der Waals surface area (Å²) in [4.78, 5) is 15.2. The number of likely N-dealkylation sites (tertiary alicyclic amines) is 1. The minimum absolute atomic E-state index is 0.00439. The van der Waals surface area contributed by atoms with Crippen LogP contribution >= 0.6 is 15.9 Å². The van der Waals surface area contributed by atoms with E-state index in [1.54, 1.807) is 24.3 Å². The average molecular weight is 444 g/mol. The Morgan fingerprint density at radius 3 is 2.42 bits per heavy atom. The maximum Gasteiger partial charge on any atom is 0.243 e. The van der Waals surface area contributed by atoms with Gasteiger partial charge in [-0.25, -0.2) is 8.42 Å². The third-order valence-electron chi connectivity index (χ3n) is 5.27. The van der Waals surface area contributed by atoms with Crippen LogP contribution in [0, 0.1) is 5.92 Å². The lowest BCUT2D eigenvalue weighted by atomic mass is 9.97. The lowest BCUT2D eigenvalue weighted by molar-refractivity contribution is -0.127. The molecule has 2 aliphatic rings. The molecule has 2 heterocycles. The SMILES string of the molecule is CN1CCC(NC(=O)[C@H]2CCCN(S(=O)(=O)c3ccc(Br)cc3)C2)CC1. The van der Waals surface area contributed by atoms with Gasteiger partial charge in [0, 0.05) is 23.6 Å². The fourth-order valence-electron chi connectivity index (χ4n) is 3.60. The molecule has 26 heavy (non-hydrogen) atoms. The molecule has 2 aliphatic heterocycles. The summed E-state index contributed by atoms with van der Waals surface area (Å²) in [5.41, 5.74) is 0. The molecule has 1 N–H and O–H groups in total. The van der Waals surface area contributed by atoms with Gasteiger partial charge in [0.25, 0.3) is 0 Å². The van der Waals surface area contributed by atoms with Gasteiger partial charge < -0.3 is 10.2 Å². The predicted octanol–water partition coefficient (Wildman–Crippen LogP) is 2.06. The van der Waals surface area contributed by atoms with Crippen LogP contribution in [0.5, 0.6) is 0 Å². The molecule has 6 nitrogen and oxygen atoms in total. The van der Waals surface area contributed by atoms with Crippen molar-refractivity contribution in [3.8, 4) is 0 Å². The van der Waals surface area contributed by atoms with Gasteiger partial charge in [0.05, 0.1) is 10.8 Å².